The molecule has 0 bridgehead atoms. The Morgan fingerprint density at radius 2 is 1.05 bits per heavy atom. The molecule has 0 heterocycles. The second-order valence-corrected chi connectivity index (χ2v) is 22.8. The van der Waals surface area contributed by atoms with Crippen molar-refractivity contribution in [1.29, 1.82) is 0 Å². The van der Waals surface area contributed by atoms with Crippen molar-refractivity contribution in [2.24, 2.45) is 17.6 Å². The minimum atomic E-state index is -3.86. The Labute approximate surface area is 494 Å². The highest BCUT2D eigenvalue weighted by Crippen LogP contribution is 2.18. The molecule has 0 aliphatic heterocycles. The van der Waals surface area contributed by atoms with E-state index < -0.39 is 64.5 Å². The smallest absolute Gasteiger partial charge is 0.326 e. The Morgan fingerprint density at radius 3 is 1.58 bits per heavy atom. The Hall–Kier alpha value is -4.68. The number of aliphatic hydroxyl groups is 1. The molecule has 0 fully saturated rings. The average Bonchev–Trinajstić information content (AvgIpc) is 3.43. The molecule has 0 unspecified atom stereocenters. The van der Waals surface area contributed by atoms with Crippen LogP contribution in [0.1, 0.15) is 168 Å². The van der Waals surface area contributed by atoms with Gasteiger partial charge in [0.2, 0.25) is 23.6 Å². The number of ketones is 3. The van der Waals surface area contributed by atoms with Crippen LogP contribution in [0.5, 0.6) is 0 Å². The fourth-order valence-corrected chi connectivity index (χ4v) is 9.20. The van der Waals surface area contributed by atoms with Gasteiger partial charge in [-0.15, -0.1) is 0 Å². The number of aliphatic carboxylic acids is 3. The van der Waals surface area contributed by atoms with E-state index in [0.29, 0.717) is 44.3 Å². The van der Waals surface area contributed by atoms with Crippen LogP contribution < -0.4 is 27.0 Å². The average molecular weight is 1230 g/mol. The van der Waals surface area contributed by atoms with E-state index in [1.54, 1.807) is 13.8 Å². The number of thioether (sulfide) groups is 1. The SMILES string of the molecule is CC(=O)[C@H](C)N.CC[C@@H](CSCC(=O)NCCCC[C@@H](NC(=O)COCCOCCCC(=O)COCCOCCNC(=O)CC[C@H](NC(=O)CCCCCCCCCCCCCCCS(=O)(=O)O)C(=O)O)C(=O)O)C(=O)C[C@@H](CO)C(=O)O. The predicted octanol–water partition coefficient (Wildman–Crippen LogP) is 3.41. The van der Waals surface area contributed by atoms with Gasteiger partial charge in [0.05, 0.1) is 63.1 Å². The zero-order chi connectivity index (χ0) is 62.7. The first-order valence-electron chi connectivity index (χ1n) is 29.0. The standard InChI is InChI=1S/C51H90N4O20S2.C4H9NO/c1-2-39(44(58)33-40(34-56)49(63)64)37-76-38-48(62)52-24-16-15-20-42(50(65)66)55-47(61)36-75-31-28-72-26-18-19-41(57)35-74-30-29-73-27-25-53-45(59)23-22-43(51(67)68)54-46(60)21-14-12-10-8-6-4-3-5-7-9-11-13-17-32-77(69,70)71;1-3(5)4(2)6/h39-40,42-43,56H,2-38H2,1H3,(H,52,62)(H,53,59)(H,54,60)(H,55,61)(H,63,64)(H,65,66)(H,67,68)(H,69,70,71);3H,5H2,1-2H3/t39-,40-,42+,43-;3-/m00/s1. The molecule has 0 saturated heterocycles. The number of nitrogens with one attached hydrogen (secondary N) is 4. The summed E-state index contributed by atoms with van der Waals surface area (Å²) >= 11 is 1.24. The van der Waals surface area contributed by atoms with Gasteiger partial charge in [-0.2, -0.15) is 20.2 Å². The van der Waals surface area contributed by atoms with Crippen molar-refractivity contribution in [3.05, 3.63) is 0 Å². The maximum Gasteiger partial charge on any atom is 0.326 e. The van der Waals surface area contributed by atoms with Crippen molar-refractivity contribution in [1.82, 2.24) is 21.3 Å². The van der Waals surface area contributed by atoms with Crippen LogP contribution in [0.2, 0.25) is 0 Å². The van der Waals surface area contributed by atoms with Crippen LogP contribution in [0.3, 0.4) is 0 Å². The van der Waals surface area contributed by atoms with Crippen molar-refractivity contribution >= 4 is 80.8 Å². The molecule has 0 aliphatic carbocycles. The molecular formula is C55H99N5O21S2. The van der Waals surface area contributed by atoms with Gasteiger partial charge in [0.1, 0.15) is 36.9 Å². The molecule has 0 radical (unpaired) electrons. The lowest BCUT2D eigenvalue weighted by Crippen LogP contribution is -2.42. The maximum atomic E-state index is 12.4. The molecular weight excluding hydrogens is 1130 g/mol. The number of Topliss-reactive ketones (excluding diaryl/α,β-unsaturated/α-hetero) is 3. The number of unbranched alkanes of at least 4 members (excludes halogenated alkanes) is 13. The number of aliphatic hydroxyl groups excluding tert-OH is 1. The molecule has 0 saturated carbocycles. The summed E-state index contributed by atoms with van der Waals surface area (Å²) in [5, 5.41) is 47.6. The fraction of sp³-hybridized carbons (Fsp3) is 0.818. The molecule has 0 spiro atoms. The molecule has 0 aromatic carbocycles. The Bertz CT molecular complexity index is 1970. The maximum absolute atomic E-state index is 12.4. The van der Waals surface area contributed by atoms with E-state index in [0.717, 1.165) is 70.6 Å². The van der Waals surface area contributed by atoms with Gasteiger partial charge in [0.25, 0.3) is 10.1 Å². The molecule has 0 aromatic heterocycles. The van der Waals surface area contributed by atoms with Gasteiger partial charge in [-0.25, -0.2) is 9.59 Å². The molecule has 4 amide bonds. The third-order valence-electron chi connectivity index (χ3n) is 12.7. The van der Waals surface area contributed by atoms with E-state index in [2.05, 4.69) is 21.3 Å². The van der Waals surface area contributed by atoms with Crippen LogP contribution >= 0.6 is 11.8 Å². The molecule has 0 aromatic rings. The first kappa shape index (κ1) is 80.4. The molecule has 83 heavy (non-hydrogen) atoms. The highest BCUT2D eigenvalue weighted by Gasteiger charge is 2.26. The van der Waals surface area contributed by atoms with E-state index in [4.69, 9.17) is 39.4 Å². The number of rotatable bonds is 56. The van der Waals surface area contributed by atoms with E-state index >= 15 is 0 Å². The van der Waals surface area contributed by atoms with E-state index in [9.17, 15) is 66.6 Å². The molecule has 28 heteroatoms. The number of carbonyl (C=O) groups excluding carboxylic acids is 7. The van der Waals surface area contributed by atoms with Gasteiger partial charge >= 0.3 is 17.9 Å². The van der Waals surface area contributed by atoms with Gasteiger partial charge in [-0.1, -0.05) is 77.6 Å². The minimum Gasteiger partial charge on any atom is -0.481 e. The normalized spacial score (nSPS) is 13.0. The lowest BCUT2D eigenvalue weighted by atomic mass is 9.94. The number of amides is 4. The Balaban J connectivity index is 0. The third kappa shape index (κ3) is 52.6. The quantitative estimate of drug-likeness (QED) is 0.0308. The number of ether oxygens (including phenoxy) is 4. The minimum absolute atomic E-state index is 0.0370. The molecule has 0 aliphatic rings. The summed E-state index contributed by atoms with van der Waals surface area (Å²) in [6, 6.07) is -2.62. The first-order valence-corrected chi connectivity index (χ1v) is 31.8. The van der Waals surface area contributed by atoms with Crippen LogP contribution in [0.25, 0.3) is 0 Å². The van der Waals surface area contributed by atoms with Crippen LogP contribution in [0, 0.1) is 11.8 Å². The highest BCUT2D eigenvalue weighted by atomic mass is 32.2. The monoisotopic (exact) mass is 1230 g/mol. The lowest BCUT2D eigenvalue weighted by Gasteiger charge is -2.16. The number of carbonyl (C=O) groups is 10. The zero-order valence-electron chi connectivity index (χ0n) is 49.2. The fourth-order valence-electron chi connectivity index (χ4n) is 7.52. The number of hydrogen-bond acceptors (Lipinski definition) is 19. The van der Waals surface area contributed by atoms with Gasteiger partial charge in [0, 0.05) is 57.1 Å². The molecule has 0 rings (SSSR count). The highest BCUT2D eigenvalue weighted by molar-refractivity contribution is 7.99. The Kier molecular flexibility index (Phi) is 51.2. The van der Waals surface area contributed by atoms with E-state index in [-0.39, 0.29) is 157 Å². The molecule has 26 nitrogen and oxygen atoms in total. The van der Waals surface area contributed by atoms with Crippen molar-refractivity contribution < 1.29 is 100 Å². The summed E-state index contributed by atoms with van der Waals surface area (Å²) < 4.78 is 51.6. The second kappa shape index (κ2) is 52.8. The summed E-state index contributed by atoms with van der Waals surface area (Å²) in [7, 11) is -3.86. The summed E-state index contributed by atoms with van der Waals surface area (Å²) in [5.74, 6) is -7.07. The van der Waals surface area contributed by atoms with Crippen molar-refractivity contribution in [3.63, 3.8) is 0 Å². The zero-order valence-corrected chi connectivity index (χ0v) is 50.8. The second-order valence-electron chi connectivity index (χ2n) is 20.2. The van der Waals surface area contributed by atoms with E-state index in [1.807, 2.05) is 0 Å². The first-order chi connectivity index (χ1) is 39.4. The van der Waals surface area contributed by atoms with Gasteiger partial charge < -0.3 is 66.4 Å². The lowest BCUT2D eigenvalue weighted by molar-refractivity contribution is -0.145. The van der Waals surface area contributed by atoms with Gasteiger partial charge in [0.15, 0.2) is 5.78 Å². The van der Waals surface area contributed by atoms with Crippen molar-refractivity contribution in [3.8, 4) is 0 Å². The van der Waals surface area contributed by atoms with Crippen LogP contribution in [0.15, 0.2) is 0 Å². The Morgan fingerprint density at radius 1 is 0.542 bits per heavy atom. The molecule has 482 valence electrons. The number of nitrogens with two attached hydrogens (primary N) is 1. The number of carboxylic acid groups (broad SMARTS) is 3. The largest absolute Gasteiger partial charge is 0.481 e. The third-order valence-corrected chi connectivity index (χ3v) is 14.6. The topological polar surface area (TPSA) is 417 Å². The number of carboxylic acids is 3. The number of hydrogen-bond donors (Lipinski definition) is 10. The van der Waals surface area contributed by atoms with Crippen LogP contribution in [-0.2, 0) is 77.0 Å². The van der Waals surface area contributed by atoms with Gasteiger partial charge in [-0.05, 0) is 65.2 Å². The van der Waals surface area contributed by atoms with Gasteiger partial charge in [-0.3, -0.25) is 42.9 Å². The summed E-state index contributed by atoms with van der Waals surface area (Å²) in [4.78, 5) is 118. The van der Waals surface area contributed by atoms with E-state index in [1.165, 1.54) is 18.7 Å². The summed E-state index contributed by atoms with van der Waals surface area (Å²) in [6.45, 7) is 5.19. The molecule has 5 atom stereocenters. The van der Waals surface area contributed by atoms with Crippen molar-refractivity contribution in [2.45, 2.75) is 187 Å². The summed E-state index contributed by atoms with van der Waals surface area (Å²) in [6.07, 6.45) is 14.4. The predicted molar refractivity (Wildman–Crippen MR) is 310 cm³/mol. The van der Waals surface area contributed by atoms with Crippen LogP contribution in [0.4, 0.5) is 0 Å². The van der Waals surface area contributed by atoms with Crippen molar-refractivity contribution in [2.75, 3.05) is 89.8 Å². The van der Waals surface area contributed by atoms with Crippen LogP contribution in [-0.4, -0.2) is 200 Å². The molecule has 11 N–H and O–H groups in total. The summed E-state index contributed by atoms with van der Waals surface area (Å²) in [5.41, 5.74) is 5.09.